The Morgan fingerprint density at radius 1 is 0.658 bits per heavy atom. The van der Waals surface area contributed by atoms with Gasteiger partial charge in [0, 0.05) is 77.4 Å². The molecule has 0 bridgehead atoms. The van der Waals surface area contributed by atoms with E-state index in [2.05, 4.69) is 13.0 Å². The van der Waals surface area contributed by atoms with Crippen LogP contribution < -0.4 is 0 Å². The number of benzene rings is 1. The lowest BCUT2D eigenvalue weighted by Crippen LogP contribution is -2.75. The highest BCUT2D eigenvalue weighted by Gasteiger charge is 2.77. The number of hydrogen-bond acceptors (Lipinski definition) is 18. The molecule has 8 aliphatic rings. The number of rotatable bonds is 16. The van der Waals surface area contributed by atoms with Crippen LogP contribution in [0.1, 0.15) is 125 Å². The average molecular weight is 1070 g/mol. The number of hydrogen-bond donors (Lipinski definition) is 3. The zero-order valence-electron chi connectivity index (χ0n) is 46.4. The summed E-state index contributed by atoms with van der Waals surface area (Å²) in [6.45, 7) is 13.1. The van der Waals surface area contributed by atoms with Gasteiger partial charge in [-0.1, -0.05) is 55.8 Å². The van der Waals surface area contributed by atoms with E-state index in [1.54, 1.807) is 41.4 Å². The molecule has 4 aliphatic carbocycles. The van der Waals surface area contributed by atoms with Crippen molar-refractivity contribution in [1.82, 2.24) is 0 Å². The van der Waals surface area contributed by atoms with Gasteiger partial charge in [-0.05, 0) is 96.6 Å². The molecule has 9 rings (SSSR count). The monoisotopic (exact) mass is 1070 g/mol. The normalized spacial score (nSPS) is 47.6. The van der Waals surface area contributed by atoms with Gasteiger partial charge in [-0.3, -0.25) is 4.79 Å². The molecule has 0 aromatic heterocycles. The highest BCUT2D eigenvalue weighted by atomic mass is 16.8. The molecule has 426 valence electrons. The Kier molecular flexibility index (Phi) is 17.8. The SMILES string of the molecule is CO[C@H]1C[C@H](O[C@@H]2[C@@H](C)O[C@@H](O[C@H]3[C@@H](OC)C[C@H](O[C@H]4[C@@H](OC)C[C@H](O[C@H]5CC[C@@]6(C)C(=CC[C@]7(O)[C@@H]6C[C@@H](OC(=O)C=Cc6ccccc6)[C@]6(C)[C@H](C(C)=O)CC[C@@]67O)C5)O[C@@H]4C)O[C@@H]3C)C[C@H]2OC)O[C@H](C)[C@H]1O. The molecule has 0 amide bonds. The second-order valence-electron chi connectivity index (χ2n) is 23.5. The third kappa shape index (κ3) is 10.8. The molecule has 18 heteroatoms. The van der Waals surface area contributed by atoms with Crippen molar-refractivity contribution in [2.24, 2.45) is 22.7 Å². The molecule has 4 aliphatic heterocycles. The van der Waals surface area contributed by atoms with E-state index in [-0.39, 0.29) is 36.9 Å². The van der Waals surface area contributed by atoms with E-state index >= 15 is 0 Å². The molecule has 4 saturated heterocycles. The van der Waals surface area contributed by atoms with Gasteiger partial charge in [0.2, 0.25) is 0 Å². The minimum absolute atomic E-state index is 0.0868. The van der Waals surface area contributed by atoms with Crippen molar-refractivity contribution in [3.63, 3.8) is 0 Å². The molecule has 0 unspecified atom stereocenters. The van der Waals surface area contributed by atoms with Crippen molar-refractivity contribution in [2.45, 2.75) is 241 Å². The van der Waals surface area contributed by atoms with Crippen LogP contribution in [0.25, 0.3) is 6.08 Å². The van der Waals surface area contributed by atoms with Crippen LogP contribution >= 0.6 is 0 Å². The fourth-order valence-corrected chi connectivity index (χ4v) is 15.1. The lowest BCUT2D eigenvalue weighted by Gasteiger charge is -2.66. The van der Waals surface area contributed by atoms with Gasteiger partial charge in [0.05, 0.1) is 54.9 Å². The Hall–Kier alpha value is -2.76. The van der Waals surface area contributed by atoms with Gasteiger partial charge in [-0.15, -0.1) is 0 Å². The topological polar surface area (TPSA) is 215 Å². The number of esters is 1. The molecule has 4 heterocycles. The van der Waals surface area contributed by atoms with Crippen molar-refractivity contribution < 1.29 is 86.5 Å². The van der Waals surface area contributed by atoms with Crippen LogP contribution in [0.3, 0.4) is 0 Å². The second-order valence-corrected chi connectivity index (χ2v) is 23.5. The van der Waals surface area contributed by atoms with Gasteiger partial charge < -0.3 is 76.9 Å². The molecule has 24 atom stereocenters. The maximum Gasteiger partial charge on any atom is 0.331 e. The summed E-state index contributed by atoms with van der Waals surface area (Å²) in [5, 5.41) is 36.4. The third-order valence-corrected chi connectivity index (χ3v) is 19.4. The third-order valence-electron chi connectivity index (χ3n) is 19.4. The molecule has 7 fully saturated rings. The molecule has 0 spiro atoms. The van der Waals surface area contributed by atoms with Gasteiger partial charge in [-0.2, -0.15) is 0 Å². The van der Waals surface area contributed by atoms with E-state index in [1.807, 2.05) is 58.0 Å². The first-order valence-corrected chi connectivity index (χ1v) is 27.8. The smallest absolute Gasteiger partial charge is 0.331 e. The number of ketones is 1. The lowest BCUT2D eigenvalue weighted by atomic mass is 9.43. The molecule has 76 heavy (non-hydrogen) atoms. The first kappa shape index (κ1) is 57.9. The van der Waals surface area contributed by atoms with Crippen molar-refractivity contribution in [3.8, 4) is 0 Å². The van der Waals surface area contributed by atoms with Crippen LogP contribution in [0.4, 0.5) is 0 Å². The van der Waals surface area contributed by atoms with E-state index in [0.717, 1.165) is 11.1 Å². The van der Waals surface area contributed by atoms with Crippen LogP contribution in [0.15, 0.2) is 48.1 Å². The van der Waals surface area contributed by atoms with Crippen molar-refractivity contribution >= 4 is 17.8 Å². The maximum absolute atomic E-state index is 13.6. The molecule has 1 aromatic rings. The summed E-state index contributed by atoms with van der Waals surface area (Å²) in [5.41, 5.74) is -3.00. The van der Waals surface area contributed by atoms with Gasteiger partial charge in [0.25, 0.3) is 0 Å². The highest BCUT2D eigenvalue weighted by molar-refractivity contribution is 5.87. The van der Waals surface area contributed by atoms with Gasteiger partial charge in [0.15, 0.2) is 25.2 Å². The Morgan fingerprint density at radius 3 is 1.67 bits per heavy atom. The number of carbonyl (C=O) groups excluding carboxylic acids is 2. The lowest BCUT2D eigenvalue weighted by molar-refractivity contribution is -0.347. The molecular formula is C58H86O18. The zero-order valence-corrected chi connectivity index (χ0v) is 46.4. The molecule has 3 saturated carbocycles. The minimum atomic E-state index is -1.68. The summed E-state index contributed by atoms with van der Waals surface area (Å²) in [7, 11) is 6.52. The summed E-state index contributed by atoms with van der Waals surface area (Å²) in [6, 6.07) is 9.47. The maximum atomic E-state index is 13.6. The quantitative estimate of drug-likeness (QED) is 0.0966. The Bertz CT molecular complexity index is 2210. The first-order valence-electron chi connectivity index (χ1n) is 27.8. The average Bonchev–Trinajstić information content (AvgIpc) is 3.82. The second kappa shape index (κ2) is 23.4. The largest absolute Gasteiger partial charge is 0.458 e. The van der Waals surface area contributed by atoms with Crippen molar-refractivity contribution in [3.05, 3.63) is 53.6 Å². The summed E-state index contributed by atoms with van der Waals surface area (Å²) in [5.74, 6) is -1.68. The number of Topliss-reactive ketones (excluding diaryl/α,β-unsaturated/α-hetero) is 1. The number of aliphatic hydroxyl groups is 3. The highest BCUT2D eigenvalue weighted by Crippen LogP contribution is 2.70. The number of aliphatic hydroxyl groups excluding tert-OH is 1. The van der Waals surface area contributed by atoms with E-state index in [1.165, 1.54) is 13.0 Å². The van der Waals surface area contributed by atoms with E-state index < -0.39 is 132 Å². The Balaban J connectivity index is 0.802. The molecular weight excluding hydrogens is 985 g/mol. The summed E-state index contributed by atoms with van der Waals surface area (Å²) in [6.07, 6.45) is 0.840. The fraction of sp³-hybridized carbons (Fsp3) is 0.793. The van der Waals surface area contributed by atoms with Gasteiger partial charge in [-0.25, -0.2) is 4.79 Å². The van der Waals surface area contributed by atoms with E-state index in [9.17, 15) is 24.9 Å². The first-order chi connectivity index (χ1) is 36.2. The molecule has 18 nitrogen and oxygen atoms in total. The zero-order chi connectivity index (χ0) is 54.5. The van der Waals surface area contributed by atoms with Crippen LogP contribution in [-0.4, -0.2) is 177 Å². The van der Waals surface area contributed by atoms with Gasteiger partial charge in [0.1, 0.15) is 47.5 Å². The minimum Gasteiger partial charge on any atom is -0.458 e. The predicted molar refractivity (Wildman–Crippen MR) is 274 cm³/mol. The predicted octanol–water partition coefficient (Wildman–Crippen LogP) is 6.12. The van der Waals surface area contributed by atoms with Crippen molar-refractivity contribution in [2.75, 3.05) is 28.4 Å². The molecule has 1 aromatic carbocycles. The Labute approximate surface area is 448 Å². The van der Waals surface area contributed by atoms with Crippen LogP contribution in [0.2, 0.25) is 0 Å². The summed E-state index contributed by atoms with van der Waals surface area (Å²) >= 11 is 0. The number of ether oxygens (including phenoxy) is 13. The molecule has 0 radical (unpaired) electrons. The van der Waals surface area contributed by atoms with Gasteiger partial charge >= 0.3 is 5.97 Å². The number of fused-ring (bicyclic) bond motifs is 5. The summed E-state index contributed by atoms with van der Waals surface area (Å²) in [4.78, 5) is 26.9. The molecule has 3 N–H and O–H groups in total. The fourth-order valence-electron chi connectivity index (χ4n) is 15.1. The summed E-state index contributed by atoms with van der Waals surface area (Å²) < 4.78 is 81.8. The van der Waals surface area contributed by atoms with E-state index in [4.69, 9.17) is 61.6 Å². The Morgan fingerprint density at radius 2 is 1.16 bits per heavy atom. The van der Waals surface area contributed by atoms with Crippen LogP contribution in [-0.2, 0) is 71.2 Å². The number of carbonyl (C=O) groups is 2. The number of methoxy groups -OCH3 is 4. The van der Waals surface area contributed by atoms with Crippen LogP contribution in [0, 0.1) is 22.7 Å². The van der Waals surface area contributed by atoms with Crippen LogP contribution in [0.5, 0.6) is 0 Å². The van der Waals surface area contributed by atoms with Crippen molar-refractivity contribution in [1.29, 1.82) is 0 Å². The van der Waals surface area contributed by atoms with E-state index in [0.29, 0.717) is 57.8 Å². The standard InChI is InChI=1S/C58H86O18/c1-31(59)39-21-24-58(63)56(39,7)45(73-46(60)18-17-36-15-13-12-14-16-36)30-44-55(6)22-20-38(25-37(55)19-23-57(44,58)62)72-47-27-41(65-9)52(33(3)69-47)75-49-29-43(67-11)54(35(5)71-49)76-50-28-42(66-10)53(34(4)70-50)74-48-26-40(64-8)51(61)32(2)68-48/h12-19,32-35,38-45,47-54,61-63H,20-30H2,1-11H3/t32-,33-,34-,35-,38+,39+,40+,41+,42-,43+,44-,45-,47+,48+,49+,50+,51-,52-,53-,54-,55+,56+,57+,58-/m1/s1.